The summed E-state index contributed by atoms with van der Waals surface area (Å²) in [6, 6.07) is 7.25. The molecule has 2 amide bonds. The largest absolute Gasteiger partial charge is 0.573 e. The van der Waals surface area contributed by atoms with E-state index < -0.39 is 52.4 Å². The summed E-state index contributed by atoms with van der Waals surface area (Å²) in [5, 5.41) is 2.52. The summed E-state index contributed by atoms with van der Waals surface area (Å²) < 4.78 is 84.2. The number of carbonyl (C=O) groups excluding carboxylic acids is 2. The number of aromatic nitrogens is 2. The summed E-state index contributed by atoms with van der Waals surface area (Å²) in [5.41, 5.74) is -5.39. The molecule has 0 aliphatic rings. The normalized spacial score (nSPS) is 13.8. The molecule has 0 saturated carbocycles. The SMILES string of the molecule is C[C@](C(=O)NCCc1cccc(F)c1)(c1cncnc1)N(C(=O)[C@H](F)Cl)c1ccc(OC(F)(F)F)cc1F. The van der Waals surface area contributed by atoms with Gasteiger partial charge in [0.05, 0.1) is 5.69 Å². The predicted octanol–water partition coefficient (Wildman–Crippen LogP) is 4.80. The number of nitrogens with one attached hydrogen (secondary N) is 1. The number of benzene rings is 2. The van der Waals surface area contributed by atoms with Crippen molar-refractivity contribution in [1.82, 2.24) is 15.3 Å². The van der Waals surface area contributed by atoms with Gasteiger partial charge in [0.15, 0.2) is 11.4 Å². The molecule has 7 nitrogen and oxygen atoms in total. The zero-order valence-electron chi connectivity index (χ0n) is 19.5. The van der Waals surface area contributed by atoms with Gasteiger partial charge in [-0.25, -0.2) is 23.1 Å². The average molecular weight is 561 g/mol. The van der Waals surface area contributed by atoms with Gasteiger partial charge in [0.2, 0.25) is 0 Å². The minimum Gasteiger partial charge on any atom is -0.406 e. The van der Waals surface area contributed by atoms with Gasteiger partial charge in [-0.3, -0.25) is 14.5 Å². The van der Waals surface area contributed by atoms with Crippen molar-refractivity contribution >= 4 is 29.1 Å². The third-order valence-electron chi connectivity index (χ3n) is 5.40. The Bertz CT molecular complexity index is 1300. The number of nitrogens with zero attached hydrogens (tertiary/aromatic N) is 3. The molecule has 202 valence electrons. The Hall–Kier alpha value is -3.87. The number of halogens is 7. The van der Waals surface area contributed by atoms with Crippen LogP contribution in [0, 0.1) is 11.6 Å². The lowest BCUT2D eigenvalue weighted by Crippen LogP contribution is -2.59. The molecule has 0 spiro atoms. The molecule has 1 aromatic heterocycles. The first kappa shape index (κ1) is 28.7. The van der Waals surface area contributed by atoms with Crippen LogP contribution in [-0.2, 0) is 21.5 Å². The molecule has 0 bridgehead atoms. The Labute approximate surface area is 217 Å². The maximum atomic E-state index is 15.1. The molecule has 38 heavy (non-hydrogen) atoms. The molecule has 0 aliphatic carbocycles. The van der Waals surface area contributed by atoms with E-state index >= 15 is 4.39 Å². The second-order valence-electron chi connectivity index (χ2n) is 7.97. The van der Waals surface area contributed by atoms with E-state index in [1.165, 1.54) is 18.2 Å². The number of hydrogen-bond donors (Lipinski definition) is 1. The Balaban J connectivity index is 2.05. The number of rotatable bonds is 9. The summed E-state index contributed by atoms with van der Waals surface area (Å²) >= 11 is 5.39. The van der Waals surface area contributed by atoms with E-state index in [0.29, 0.717) is 28.7 Å². The lowest BCUT2D eigenvalue weighted by molar-refractivity contribution is -0.274. The van der Waals surface area contributed by atoms with Crippen LogP contribution < -0.4 is 15.0 Å². The van der Waals surface area contributed by atoms with Gasteiger partial charge in [-0.2, -0.15) is 0 Å². The van der Waals surface area contributed by atoms with E-state index in [2.05, 4.69) is 20.0 Å². The molecular formula is C24H19ClF6N4O3. The van der Waals surface area contributed by atoms with Crippen molar-refractivity contribution in [3.8, 4) is 5.75 Å². The quantitative estimate of drug-likeness (QED) is 0.300. The number of amides is 2. The lowest BCUT2D eigenvalue weighted by atomic mass is 9.89. The van der Waals surface area contributed by atoms with Crippen molar-refractivity contribution in [3.63, 3.8) is 0 Å². The first-order valence-electron chi connectivity index (χ1n) is 10.8. The van der Waals surface area contributed by atoms with Crippen LogP contribution in [-0.4, -0.2) is 40.3 Å². The van der Waals surface area contributed by atoms with E-state index in [0.717, 1.165) is 25.6 Å². The minimum absolute atomic E-state index is 0.0889. The smallest absolute Gasteiger partial charge is 0.406 e. The van der Waals surface area contributed by atoms with Gasteiger partial charge in [-0.05, 0) is 43.2 Å². The van der Waals surface area contributed by atoms with Crippen LogP contribution in [0.3, 0.4) is 0 Å². The Morgan fingerprint density at radius 3 is 2.37 bits per heavy atom. The molecular weight excluding hydrogens is 542 g/mol. The molecule has 0 fully saturated rings. The molecule has 0 aliphatic heterocycles. The number of hydrogen-bond acceptors (Lipinski definition) is 5. The van der Waals surface area contributed by atoms with Crippen LogP contribution in [0.25, 0.3) is 0 Å². The summed E-state index contributed by atoms with van der Waals surface area (Å²) in [4.78, 5) is 34.4. The minimum atomic E-state index is -5.14. The van der Waals surface area contributed by atoms with Gasteiger partial charge >= 0.3 is 6.36 Å². The Kier molecular flexibility index (Phi) is 8.82. The molecule has 1 N–H and O–H groups in total. The van der Waals surface area contributed by atoms with E-state index in [9.17, 15) is 31.5 Å². The summed E-state index contributed by atoms with van der Waals surface area (Å²) in [5.74, 6) is -5.47. The van der Waals surface area contributed by atoms with Gasteiger partial charge < -0.3 is 10.1 Å². The van der Waals surface area contributed by atoms with Crippen LogP contribution in [0.5, 0.6) is 5.75 Å². The van der Waals surface area contributed by atoms with Crippen LogP contribution >= 0.6 is 11.6 Å². The van der Waals surface area contributed by atoms with E-state index in [1.807, 2.05) is 0 Å². The Morgan fingerprint density at radius 1 is 1.11 bits per heavy atom. The fraction of sp³-hybridized carbons (Fsp3) is 0.250. The number of anilines is 1. The van der Waals surface area contributed by atoms with E-state index in [4.69, 9.17) is 11.6 Å². The number of ether oxygens (including phenoxy) is 1. The van der Waals surface area contributed by atoms with Crippen molar-refractivity contribution in [1.29, 1.82) is 0 Å². The maximum Gasteiger partial charge on any atom is 0.573 e. The second kappa shape index (κ2) is 11.7. The molecule has 2 atom stereocenters. The third-order valence-corrected chi connectivity index (χ3v) is 5.59. The molecule has 14 heteroatoms. The molecule has 1 heterocycles. The fourth-order valence-corrected chi connectivity index (χ4v) is 3.74. The molecule has 3 rings (SSSR count). The summed E-state index contributed by atoms with van der Waals surface area (Å²) in [6.45, 7) is 1.04. The molecule has 0 radical (unpaired) electrons. The van der Waals surface area contributed by atoms with E-state index in [1.54, 1.807) is 6.07 Å². The first-order valence-corrected chi connectivity index (χ1v) is 11.2. The number of alkyl halides is 5. The van der Waals surface area contributed by atoms with Crippen molar-refractivity contribution in [2.24, 2.45) is 0 Å². The van der Waals surface area contributed by atoms with Crippen molar-refractivity contribution in [2.45, 2.75) is 30.9 Å². The average Bonchev–Trinajstić information content (AvgIpc) is 2.84. The zero-order chi connectivity index (χ0) is 28.1. The highest BCUT2D eigenvalue weighted by Crippen LogP contribution is 2.37. The van der Waals surface area contributed by atoms with E-state index in [-0.39, 0.29) is 18.5 Å². The van der Waals surface area contributed by atoms with Crippen molar-refractivity contribution < 1.29 is 40.7 Å². The zero-order valence-corrected chi connectivity index (χ0v) is 20.2. The molecule has 3 aromatic rings. The van der Waals surface area contributed by atoms with Gasteiger partial charge in [-0.15, -0.1) is 13.2 Å². The summed E-state index contributed by atoms with van der Waals surface area (Å²) in [7, 11) is 0. The van der Waals surface area contributed by atoms with Crippen LogP contribution in [0.1, 0.15) is 18.1 Å². The van der Waals surface area contributed by atoms with Crippen LogP contribution in [0.2, 0.25) is 0 Å². The lowest BCUT2D eigenvalue weighted by Gasteiger charge is -2.40. The van der Waals surface area contributed by atoms with Crippen molar-refractivity contribution in [3.05, 3.63) is 83.9 Å². The standard InChI is InChI=1S/C24H19ClF6N4O3/c1-23(15-11-32-13-33-12-15,22(37)34-8-7-14-3-2-4-16(26)9-14)35(21(36)20(25)28)19-6-5-17(10-18(19)27)38-24(29,30)31/h2-6,9-13,20H,7-8H2,1H3,(H,34,37)/t20-,23+/m0/s1. The monoisotopic (exact) mass is 560 g/mol. The second-order valence-corrected chi connectivity index (χ2v) is 8.35. The highest BCUT2D eigenvalue weighted by molar-refractivity contribution is 6.32. The van der Waals surface area contributed by atoms with Crippen LogP contribution in [0.15, 0.2) is 61.2 Å². The van der Waals surface area contributed by atoms with Gasteiger partial charge in [0.25, 0.3) is 17.4 Å². The first-order chi connectivity index (χ1) is 17.8. The molecule has 2 aromatic carbocycles. The molecule has 0 saturated heterocycles. The van der Waals surface area contributed by atoms with Gasteiger partial charge in [0.1, 0.15) is 17.9 Å². The van der Waals surface area contributed by atoms with Crippen molar-refractivity contribution in [2.75, 3.05) is 11.4 Å². The predicted molar refractivity (Wildman–Crippen MR) is 124 cm³/mol. The topological polar surface area (TPSA) is 84.4 Å². The maximum absolute atomic E-state index is 15.1. The molecule has 0 unspecified atom stereocenters. The van der Waals surface area contributed by atoms with Gasteiger partial charge in [0, 0.05) is 30.6 Å². The fourth-order valence-electron chi connectivity index (χ4n) is 3.64. The van der Waals surface area contributed by atoms with Crippen LogP contribution in [0.4, 0.5) is 32.0 Å². The number of carbonyl (C=O) groups is 2. The highest BCUT2D eigenvalue weighted by atomic mass is 35.5. The Morgan fingerprint density at radius 2 is 1.79 bits per heavy atom. The highest BCUT2D eigenvalue weighted by Gasteiger charge is 2.48. The van der Waals surface area contributed by atoms with Gasteiger partial charge in [-0.1, -0.05) is 23.7 Å². The third kappa shape index (κ3) is 6.71. The summed E-state index contributed by atoms with van der Waals surface area (Å²) in [6.07, 6.45) is -1.67.